The van der Waals surface area contributed by atoms with Gasteiger partial charge in [0.1, 0.15) is 6.61 Å². The van der Waals surface area contributed by atoms with Crippen LogP contribution in [0.3, 0.4) is 0 Å². The van der Waals surface area contributed by atoms with Crippen molar-refractivity contribution in [1.82, 2.24) is 0 Å². The number of carboxylic acids is 2. The molecule has 0 unspecified atom stereocenters. The van der Waals surface area contributed by atoms with Gasteiger partial charge in [-0.05, 0) is 122 Å². The van der Waals surface area contributed by atoms with Crippen molar-refractivity contribution in [1.29, 1.82) is 0 Å². The Morgan fingerprint density at radius 3 is 2.36 bits per heavy atom. The van der Waals surface area contributed by atoms with Crippen molar-refractivity contribution in [3.05, 3.63) is 11.6 Å². The van der Waals surface area contributed by atoms with Gasteiger partial charge in [-0.25, -0.2) is 14.4 Å². The van der Waals surface area contributed by atoms with E-state index in [4.69, 9.17) is 30.3 Å². The summed E-state index contributed by atoms with van der Waals surface area (Å²) in [5.74, 6) is 1.70. The molecule has 4 saturated carbocycles. The van der Waals surface area contributed by atoms with Crippen LogP contribution in [0.15, 0.2) is 11.6 Å². The molecule has 0 bridgehead atoms. The standard InChI is InChI=1S/C26H41NO2S.C2H2O4/c1-25-10-8-19(30-13-3-12-27)15-18(25)4-5-20-22-7-6-21(17-14-24(28)29-16-17)26(22,2)11-9-23(20)25;3-1(4)2(5)6/h14,18-23H,3-13,15-16,27H2,1-2H3;(H,3,4)(H,5,6)/t18-,19+,20+,21-,22+,23+,25+,26-;/m1./s1. The molecule has 1 heterocycles. The van der Waals surface area contributed by atoms with E-state index in [-0.39, 0.29) is 5.97 Å². The number of esters is 1. The molecule has 4 fully saturated rings. The molecule has 0 aromatic rings. The van der Waals surface area contributed by atoms with Gasteiger partial charge in [0.25, 0.3) is 0 Å². The topological polar surface area (TPSA) is 127 Å². The first-order valence-electron chi connectivity index (χ1n) is 13.7. The minimum Gasteiger partial charge on any atom is -0.473 e. The molecular formula is C28H43NO6S. The maximum atomic E-state index is 11.7. The van der Waals surface area contributed by atoms with Gasteiger partial charge in [0.2, 0.25) is 0 Å². The van der Waals surface area contributed by atoms with Crippen molar-refractivity contribution < 1.29 is 29.3 Å². The van der Waals surface area contributed by atoms with Crippen LogP contribution in [0, 0.1) is 40.4 Å². The third-order valence-corrected chi connectivity index (χ3v) is 12.1. The number of nitrogens with two attached hydrogens (primary N) is 1. The van der Waals surface area contributed by atoms with Gasteiger partial charge in [-0.3, -0.25) is 0 Å². The molecule has 4 N–H and O–H groups in total. The van der Waals surface area contributed by atoms with Gasteiger partial charge >= 0.3 is 17.9 Å². The zero-order valence-electron chi connectivity index (χ0n) is 21.7. The number of fused-ring (bicyclic) bond motifs is 5. The molecule has 0 radical (unpaired) electrons. The predicted octanol–water partition coefficient (Wildman–Crippen LogP) is 4.73. The molecule has 1 aliphatic heterocycles. The summed E-state index contributed by atoms with van der Waals surface area (Å²) in [7, 11) is 0. The second kappa shape index (κ2) is 11.1. The molecule has 202 valence electrons. The molecule has 8 atom stereocenters. The van der Waals surface area contributed by atoms with Crippen LogP contribution in [0.1, 0.15) is 78.1 Å². The minimum atomic E-state index is -1.82. The largest absolute Gasteiger partial charge is 0.473 e. The lowest BCUT2D eigenvalue weighted by molar-refractivity contribution is -0.159. The fourth-order valence-corrected chi connectivity index (χ4v) is 10.2. The van der Waals surface area contributed by atoms with Crippen molar-refractivity contribution in [3.8, 4) is 0 Å². The van der Waals surface area contributed by atoms with E-state index in [1.165, 1.54) is 75.5 Å². The lowest BCUT2D eigenvalue weighted by Gasteiger charge is -2.61. The molecule has 5 aliphatic rings. The summed E-state index contributed by atoms with van der Waals surface area (Å²) in [5.41, 5.74) is 7.97. The molecule has 4 aliphatic carbocycles. The van der Waals surface area contributed by atoms with E-state index in [1.807, 2.05) is 6.08 Å². The Morgan fingerprint density at radius 2 is 1.72 bits per heavy atom. The van der Waals surface area contributed by atoms with Crippen LogP contribution in [0.4, 0.5) is 0 Å². The maximum Gasteiger partial charge on any atom is 0.414 e. The molecule has 0 aromatic heterocycles. The highest BCUT2D eigenvalue weighted by atomic mass is 32.2. The average Bonchev–Trinajstić information content (AvgIpc) is 3.42. The van der Waals surface area contributed by atoms with Crippen LogP contribution in [-0.2, 0) is 19.1 Å². The lowest BCUT2D eigenvalue weighted by Crippen LogP contribution is -2.53. The predicted molar refractivity (Wildman–Crippen MR) is 139 cm³/mol. The number of rotatable bonds is 5. The lowest BCUT2D eigenvalue weighted by atomic mass is 9.44. The molecule has 5 rings (SSSR count). The number of carboxylic acid groups (broad SMARTS) is 2. The maximum absolute atomic E-state index is 11.7. The third kappa shape index (κ3) is 5.22. The normalized spacial score (nSPS) is 41.1. The molecule has 0 spiro atoms. The van der Waals surface area contributed by atoms with Crippen molar-refractivity contribution >= 4 is 29.7 Å². The summed E-state index contributed by atoms with van der Waals surface area (Å²) in [6.45, 7) is 6.64. The zero-order valence-corrected chi connectivity index (χ0v) is 22.6. The fourth-order valence-electron chi connectivity index (χ4n) is 8.90. The van der Waals surface area contributed by atoms with Gasteiger partial charge in [-0.15, -0.1) is 0 Å². The minimum absolute atomic E-state index is 0.111. The Kier molecular flexibility index (Phi) is 8.45. The van der Waals surface area contributed by atoms with Crippen molar-refractivity contribution in [3.63, 3.8) is 0 Å². The molecule has 7 nitrogen and oxygen atoms in total. The summed E-state index contributed by atoms with van der Waals surface area (Å²) in [6, 6.07) is 0. The summed E-state index contributed by atoms with van der Waals surface area (Å²) >= 11 is 2.21. The SMILES string of the molecule is C[C@]12CC[C@H](SCCCN)C[C@H]1CC[C@@H]1[C@@H]2CC[C@]2(C)[C@@H](C3=CC(=O)OC3)CC[C@@H]12.O=C(O)C(=O)O. The highest BCUT2D eigenvalue weighted by molar-refractivity contribution is 7.99. The van der Waals surface area contributed by atoms with E-state index >= 15 is 0 Å². The Labute approximate surface area is 219 Å². The number of cyclic esters (lactones) is 1. The van der Waals surface area contributed by atoms with Crippen LogP contribution < -0.4 is 5.73 Å². The van der Waals surface area contributed by atoms with Gasteiger partial charge < -0.3 is 20.7 Å². The molecule has 0 amide bonds. The smallest absolute Gasteiger partial charge is 0.414 e. The van der Waals surface area contributed by atoms with Crippen molar-refractivity contribution in [2.24, 2.45) is 46.2 Å². The highest BCUT2D eigenvalue weighted by Gasteiger charge is 2.60. The zero-order chi connectivity index (χ0) is 26.1. The number of carbonyl (C=O) groups is 3. The third-order valence-electron chi connectivity index (χ3n) is 10.6. The van der Waals surface area contributed by atoms with Crippen LogP contribution in [0.2, 0.25) is 0 Å². The number of ether oxygens (including phenoxy) is 1. The van der Waals surface area contributed by atoms with Crippen LogP contribution >= 0.6 is 11.8 Å². The number of aliphatic carboxylic acids is 2. The van der Waals surface area contributed by atoms with Crippen molar-refractivity contribution in [2.75, 3.05) is 18.9 Å². The first-order chi connectivity index (χ1) is 17.1. The molecule has 0 aromatic carbocycles. The van der Waals surface area contributed by atoms with E-state index in [2.05, 4.69) is 25.6 Å². The molecular weight excluding hydrogens is 478 g/mol. The summed E-state index contributed by atoms with van der Waals surface area (Å²) in [6.07, 6.45) is 15.6. The van der Waals surface area contributed by atoms with E-state index in [0.717, 1.165) is 35.5 Å². The highest BCUT2D eigenvalue weighted by Crippen LogP contribution is 2.68. The average molecular weight is 522 g/mol. The number of carbonyl (C=O) groups excluding carboxylic acids is 1. The number of thioether (sulfide) groups is 1. The van der Waals surface area contributed by atoms with Gasteiger partial charge in [0.05, 0.1) is 0 Å². The van der Waals surface area contributed by atoms with Gasteiger partial charge in [0, 0.05) is 11.3 Å². The second-order valence-corrected chi connectivity index (χ2v) is 13.6. The van der Waals surface area contributed by atoms with Crippen molar-refractivity contribution in [2.45, 2.75) is 83.3 Å². The van der Waals surface area contributed by atoms with Crippen LogP contribution in [0.5, 0.6) is 0 Å². The van der Waals surface area contributed by atoms with E-state index < -0.39 is 11.9 Å². The van der Waals surface area contributed by atoms with Gasteiger partial charge in [0.15, 0.2) is 0 Å². The fraction of sp³-hybridized carbons (Fsp3) is 0.821. The number of hydrogen-bond acceptors (Lipinski definition) is 6. The Hall–Kier alpha value is -1.54. The Morgan fingerprint density at radius 1 is 1.03 bits per heavy atom. The second-order valence-electron chi connectivity index (χ2n) is 12.2. The first-order valence-corrected chi connectivity index (χ1v) is 14.8. The molecule has 36 heavy (non-hydrogen) atoms. The summed E-state index contributed by atoms with van der Waals surface area (Å²) in [5, 5.41) is 15.7. The van der Waals surface area contributed by atoms with E-state index in [1.54, 1.807) is 0 Å². The van der Waals surface area contributed by atoms with Crippen LogP contribution in [0.25, 0.3) is 0 Å². The van der Waals surface area contributed by atoms with E-state index in [9.17, 15) is 4.79 Å². The quantitative estimate of drug-likeness (QED) is 0.269. The molecule has 8 heteroatoms. The van der Waals surface area contributed by atoms with Gasteiger partial charge in [-0.2, -0.15) is 11.8 Å². The Bertz CT molecular complexity index is 879. The van der Waals surface area contributed by atoms with E-state index in [0.29, 0.717) is 23.4 Å². The first kappa shape index (κ1) is 27.5. The summed E-state index contributed by atoms with van der Waals surface area (Å²) in [4.78, 5) is 29.9. The summed E-state index contributed by atoms with van der Waals surface area (Å²) < 4.78 is 5.30. The molecule has 0 saturated heterocycles. The Balaban J connectivity index is 0.000000455. The number of hydrogen-bond donors (Lipinski definition) is 3. The monoisotopic (exact) mass is 521 g/mol. The van der Waals surface area contributed by atoms with Gasteiger partial charge in [-0.1, -0.05) is 13.8 Å². The van der Waals surface area contributed by atoms with Crippen LogP contribution in [-0.4, -0.2) is 52.3 Å².